The molecule has 0 atom stereocenters. The van der Waals surface area contributed by atoms with E-state index in [1.165, 1.54) is 9.18 Å². The maximum Gasteiger partial charge on any atom is 0.333 e. The van der Waals surface area contributed by atoms with Gasteiger partial charge >= 0.3 is 6.03 Å². The molecule has 0 unspecified atom stereocenters. The standard InChI is InChI=1S/C12H12BrN3OS2/c13-9-3-4-11(15-8-9)16(18)12(17)14-6-5-10-2-1-7-19-10/h1-4,7-8,18H,5-6H2,(H,14,17). The SMILES string of the molecule is O=C(NCCc1cccs1)N(S)c1ccc(Br)cn1. The number of halogens is 1. The van der Waals surface area contributed by atoms with Crippen LogP contribution in [-0.4, -0.2) is 17.6 Å². The molecule has 2 heterocycles. The van der Waals surface area contributed by atoms with Crippen LogP contribution in [0.1, 0.15) is 4.88 Å². The summed E-state index contributed by atoms with van der Waals surface area (Å²) in [7, 11) is 0. The Kier molecular flexibility index (Phi) is 5.24. The molecule has 100 valence electrons. The number of amides is 2. The molecule has 0 fully saturated rings. The summed E-state index contributed by atoms with van der Waals surface area (Å²) in [6.07, 6.45) is 2.44. The topological polar surface area (TPSA) is 45.2 Å². The fourth-order valence-corrected chi connectivity index (χ4v) is 2.55. The molecular weight excluding hydrogens is 346 g/mol. The Morgan fingerprint density at radius 1 is 1.47 bits per heavy atom. The first-order valence-corrected chi connectivity index (χ1v) is 7.65. The lowest BCUT2D eigenvalue weighted by Crippen LogP contribution is -2.35. The van der Waals surface area contributed by atoms with Gasteiger partial charge in [-0.25, -0.2) is 14.1 Å². The quantitative estimate of drug-likeness (QED) is 0.822. The molecule has 2 rings (SSSR count). The number of urea groups is 1. The molecule has 2 aromatic heterocycles. The Hall–Kier alpha value is -1.05. The summed E-state index contributed by atoms with van der Waals surface area (Å²) in [5.41, 5.74) is 0. The van der Waals surface area contributed by atoms with E-state index in [-0.39, 0.29) is 6.03 Å². The number of pyridine rings is 1. The summed E-state index contributed by atoms with van der Waals surface area (Å²) in [6, 6.07) is 7.29. The van der Waals surface area contributed by atoms with Crippen molar-refractivity contribution < 1.29 is 4.79 Å². The lowest BCUT2D eigenvalue weighted by molar-refractivity contribution is 0.250. The lowest BCUT2D eigenvalue weighted by Gasteiger charge is -2.15. The van der Waals surface area contributed by atoms with Gasteiger partial charge in [-0.15, -0.1) is 11.3 Å². The molecule has 0 aromatic carbocycles. The van der Waals surface area contributed by atoms with Crippen LogP contribution >= 0.6 is 40.1 Å². The average Bonchev–Trinajstić information content (AvgIpc) is 2.92. The first-order valence-electron chi connectivity index (χ1n) is 5.57. The molecule has 0 radical (unpaired) electrons. The molecule has 0 saturated heterocycles. The minimum atomic E-state index is -0.283. The monoisotopic (exact) mass is 357 g/mol. The minimum Gasteiger partial charge on any atom is -0.337 e. The Balaban J connectivity index is 1.83. The Morgan fingerprint density at radius 2 is 2.32 bits per heavy atom. The zero-order chi connectivity index (χ0) is 13.7. The molecule has 2 amide bonds. The molecule has 2 aromatic rings. The molecule has 0 saturated carbocycles. The van der Waals surface area contributed by atoms with E-state index in [0.29, 0.717) is 12.4 Å². The highest BCUT2D eigenvalue weighted by molar-refractivity contribution is 9.10. The fourth-order valence-electron chi connectivity index (χ4n) is 1.42. The van der Waals surface area contributed by atoms with Crippen molar-refractivity contribution in [3.63, 3.8) is 0 Å². The summed E-state index contributed by atoms with van der Waals surface area (Å²) in [6.45, 7) is 0.576. The third-order valence-electron chi connectivity index (χ3n) is 2.35. The van der Waals surface area contributed by atoms with Crippen LogP contribution < -0.4 is 9.62 Å². The predicted molar refractivity (Wildman–Crippen MR) is 84.8 cm³/mol. The summed E-state index contributed by atoms with van der Waals surface area (Å²) < 4.78 is 2.05. The van der Waals surface area contributed by atoms with E-state index in [4.69, 9.17) is 0 Å². The molecule has 19 heavy (non-hydrogen) atoms. The molecule has 0 bridgehead atoms. The van der Waals surface area contributed by atoms with E-state index in [0.717, 1.165) is 10.9 Å². The molecule has 0 aliphatic rings. The van der Waals surface area contributed by atoms with Crippen molar-refractivity contribution in [2.45, 2.75) is 6.42 Å². The van der Waals surface area contributed by atoms with Crippen LogP contribution in [0.15, 0.2) is 40.3 Å². The van der Waals surface area contributed by atoms with Gasteiger partial charge in [-0.1, -0.05) is 18.9 Å². The number of nitrogens with zero attached hydrogens (tertiary/aromatic N) is 2. The van der Waals surface area contributed by atoms with Gasteiger partial charge in [0, 0.05) is 22.1 Å². The number of thiophene rings is 1. The normalized spacial score (nSPS) is 10.2. The van der Waals surface area contributed by atoms with Crippen molar-refractivity contribution in [2.24, 2.45) is 0 Å². The molecule has 4 nitrogen and oxygen atoms in total. The highest BCUT2D eigenvalue weighted by Gasteiger charge is 2.12. The molecule has 7 heteroatoms. The van der Waals surface area contributed by atoms with Crippen molar-refractivity contribution in [2.75, 3.05) is 10.8 Å². The number of nitrogens with one attached hydrogen (secondary N) is 1. The van der Waals surface area contributed by atoms with Gasteiger partial charge in [0.05, 0.1) is 0 Å². The van der Waals surface area contributed by atoms with Gasteiger partial charge in [-0.3, -0.25) is 0 Å². The smallest absolute Gasteiger partial charge is 0.333 e. The Morgan fingerprint density at radius 3 is 2.95 bits per heavy atom. The van der Waals surface area contributed by atoms with Crippen molar-refractivity contribution in [3.8, 4) is 0 Å². The summed E-state index contributed by atoms with van der Waals surface area (Å²) in [4.78, 5) is 17.2. The number of anilines is 1. The Bertz CT molecular complexity index is 530. The van der Waals surface area contributed by atoms with Gasteiger partial charge < -0.3 is 5.32 Å². The predicted octanol–water partition coefficient (Wildman–Crippen LogP) is 3.51. The maximum atomic E-state index is 11.8. The van der Waals surface area contributed by atoms with Crippen LogP contribution in [0.25, 0.3) is 0 Å². The second kappa shape index (κ2) is 6.93. The van der Waals surface area contributed by atoms with Gasteiger partial charge in [0.1, 0.15) is 5.82 Å². The van der Waals surface area contributed by atoms with E-state index in [1.54, 1.807) is 23.6 Å². The van der Waals surface area contributed by atoms with Gasteiger partial charge in [0.15, 0.2) is 0 Å². The molecule has 0 aliphatic heterocycles. The van der Waals surface area contributed by atoms with Gasteiger partial charge in [-0.2, -0.15) is 0 Å². The number of thiol groups is 1. The number of hydrogen-bond acceptors (Lipinski definition) is 4. The van der Waals surface area contributed by atoms with E-state index < -0.39 is 0 Å². The number of hydrogen-bond donors (Lipinski definition) is 2. The molecule has 1 N–H and O–H groups in total. The third-order valence-corrected chi connectivity index (χ3v) is 4.14. The second-order valence-corrected chi connectivity index (χ2v) is 6.06. The molecule has 0 aliphatic carbocycles. The first kappa shape index (κ1) is 14.4. The average molecular weight is 358 g/mol. The second-order valence-electron chi connectivity index (χ2n) is 3.71. The van der Waals surface area contributed by atoms with Crippen molar-refractivity contribution in [1.29, 1.82) is 0 Å². The number of carbonyl (C=O) groups is 1. The van der Waals surface area contributed by atoms with Crippen LogP contribution in [0, 0.1) is 0 Å². The highest BCUT2D eigenvalue weighted by atomic mass is 79.9. The van der Waals surface area contributed by atoms with E-state index >= 15 is 0 Å². The lowest BCUT2D eigenvalue weighted by atomic mass is 10.3. The van der Waals surface area contributed by atoms with Crippen LogP contribution in [0.2, 0.25) is 0 Å². The van der Waals surface area contributed by atoms with Crippen molar-refractivity contribution in [3.05, 3.63) is 45.2 Å². The third kappa shape index (κ3) is 4.22. The van der Waals surface area contributed by atoms with Gasteiger partial charge in [0.2, 0.25) is 0 Å². The van der Waals surface area contributed by atoms with Gasteiger partial charge in [-0.05, 0) is 45.9 Å². The first-order chi connectivity index (χ1) is 9.16. The summed E-state index contributed by atoms with van der Waals surface area (Å²) in [5.74, 6) is 0.486. The zero-order valence-corrected chi connectivity index (χ0v) is 13.2. The highest BCUT2D eigenvalue weighted by Crippen LogP contribution is 2.16. The van der Waals surface area contributed by atoms with Gasteiger partial charge in [0.25, 0.3) is 0 Å². The number of aromatic nitrogens is 1. The summed E-state index contributed by atoms with van der Waals surface area (Å²) in [5, 5.41) is 4.82. The molecule has 0 spiro atoms. The largest absolute Gasteiger partial charge is 0.337 e. The number of rotatable bonds is 4. The number of carbonyl (C=O) groups excluding carboxylic acids is 1. The van der Waals surface area contributed by atoms with Crippen molar-refractivity contribution >= 4 is 51.9 Å². The van der Waals surface area contributed by atoms with Crippen molar-refractivity contribution in [1.82, 2.24) is 10.3 Å². The van der Waals surface area contributed by atoms with E-state index in [9.17, 15) is 4.79 Å². The molecular formula is C12H12BrN3OS2. The van der Waals surface area contributed by atoms with Crippen LogP contribution in [-0.2, 0) is 6.42 Å². The van der Waals surface area contributed by atoms with Crippen LogP contribution in [0.5, 0.6) is 0 Å². The maximum absolute atomic E-state index is 11.8. The minimum absolute atomic E-state index is 0.283. The Labute approximate surface area is 129 Å². The fraction of sp³-hybridized carbons (Fsp3) is 0.167. The van der Waals surface area contributed by atoms with E-state index in [2.05, 4.69) is 39.0 Å². The van der Waals surface area contributed by atoms with Crippen LogP contribution in [0.3, 0.4) is 0 Å². The zero-order valence-electron chi connectivity index (χ0n) is 9.91. The van der Waals surface area contributed by atoms with E-state index in [1.807, 2.05) is 23.6 Å². The van der Waals surface area contributed by atoms with Crippen LogP contribution in [0.4, 0.5) is 10.6 Å². The summed E-state index contributed by atoms with van der Waals surface area (Å²) >= 11 is 9.11.